The number of hydrogen-bond acceptors (Lipinski definition) is 8. The van der Waals surface area contributed by atoms with Crippen molar-refractivity contribution in [2.24, 2.45) is 11.8 Å². The van der Waals surface area contributed by atoms with Crippen molar-refractivity contribution in [3.63, 3.8) is 0 Å². The van der Waals surface area contributed by atoms with E-state index in [0.717, 1.165) is 36.4 Å². The number of aryl methyl sites for hydroxylation is 1. The maximum absolute atomic E-state index is 13.7. The number of benzene rings is 2. The van der Waals surface area contributed by atoms with E-state index in [9.17, 15) is 26.7 Å². The molecule has 6 rings (SSSR count). The van der Waals surface area contributed by atoms with Gasteiger partial charge in [0.05, 0.1) is 24.2 Å². The Morgan fingerprint density at radius 1 is 1.14 bits per heavy atom. The molecule has 2 aliphatic carbocycles. The van der Waals surface area contributed by atoms with Gasteiger partial charge in [-0.1, -0.05) is 43.7 Å². The van der Waals surface area contributed by atoms with Crippen molar-refractivity contribution in [3.8, 4) is 5.75 Å². The number of hydrogen-bond donors (Lipinski definition) is 2. The zero-order valence-corrected chi connectivity index (χ0v) is 30.6. The van der Waals surface area contributed by atoms with Crippen molar-refractivity contribution in [1.29, 1.82) is 0 Å². The minimum atomic E-state index is -4.43. The number of fused-ring (bicyclic) bond motifs is 4. The lowest BCUT2D eigenvalue weighted by atomic mass is 9.68. The number of carbonyl (C=O) groups excluding carboxylic acids is 1. The van der Waals surface area contributed by atoms with Gasteiger partial charge in [0.2, 0.25) is 10.0 Å². The molecule has 0 saturated heterocycles. The average molecular weight is 735 g/mol. The number of anilines is 1. The Balaban J connectivity index is 1.35. The van der Waals surface area contributed by atoms with Crippen molar-refractivity contribution in [1.82, 2.24) is 13.3 Å². The highest BCUT2D eigenvalue weighted by Crippen LogP contribution is 2.46. The number of aliphatic hydroxyl groups is 1. The second-order valence-electron chi connectivity index (χ2n) is 13.7. The van der Waals surface area contributed by atoms with E-state index in [4.69, 9.17) is 16.3 Å². The van der Waals surface area contributed by atoms with Gasteiger partial charge in [0.25, 0.3) is 5.91 Å². The van der Waals surface area contributed by atoms with E-state index in [0.29, 0.717) is 36.2 Å². The van der Waals surface area contributed by atoms with Crippen LogP contribution in [0.2, 0.25) is 5.02 Å². The lowest BCUT2D eigenvalue weighted by molar-refractivity contribution is 0.0456. The van der Waals surface area contributed by atoms with Crippen LogP contribution in [0.4, 0.5) is 5.69 Å². The Morgan fingerprint density at radius 2 is 1.94 bits per heavy atom. The number of aliphatic hydroxyl groups excluding tert-OH is 1. The third kappa shape index (κ3) is 7.52. The van der Waals surface area contributed by atoms with Crippen molar-refractivity contribution < 1.29 is 31.5 Å². The number of nitrogens with zero attached hydrogens (tertiary/aromatic N) is 3. The summed E-state index contributed by atoms with van der Waals surface area (Å²) < 4.78 is 64.2. The molecule has 14 heteroatoms. The molecule has 2 aliphatic heterocycles. The molecule has 1 saturated carbocycles. The first-order valence-corrected chi connectivity index (χ1v) is 20.7. The number of amides is 1. The predicted octanol–water partition coefficient (Wildman–Crippen LogP) is 4.11. The fourth-order valence-corrected chi connectivity index (χ4v) is 10.9. The van der Waals surface area contributed by atoms with Gasteiger partial charge in [-0.3, -0.25) is 4.79 Å². The molecule has 11 nitrogen and oxygen atoms in total. The van der Waals surface area contributed by atoms with Crippen LogP contribution in [0.5, 0.6) is 5.75 Å². The molecule has 2 aromatic rings. The van der Waals surface area contributed by atoms with Crippen LogP contribution in [-0.2, 0) is 32.1 Å². The summed E-state index contributed by atoms with van der Waals surface area (Å²) in [6.45, 7) is 5.32. The first-order valence-electron chi connectivity index (χ1n) is 17.3. The van der Waals surface area contributed by atoms with Crippen LogP contribution >= 0.6 is 11.6 Å². The first-order chi connectivity index (χ1) is 23.4. The maximum Gasteiger partial charge on any atom is 0.304 e. The molecule has 1 spiro atoms. The van der Waals surface area contributed by atoms with Crippen molar-refractivity contribution in [3.05, 3.63) is 70.3 Å². The quantitative estimate of drug-likeness (QED) is 0.424. The number of carbonyl (C=O) groups is 1. The lowest BCUT2D eigenvalue weighted by Gasteiger charge is -2.45. The first kappa shape index (κ1) is 36.1. The highest BCUT2D eigenvalue weighted by atomic mass is 35.5. The molecule has 0 aromatic heterocycles. The fraction of sp³-hybridized carbons (Fsp3) is 0.571. The predicted molar refractivity (Wildman–Crippen MR) is 191 cm³/mol. The molecular formula is C35H47ClN4O7S2. The van der Waals surface area contributed by atoms with Crippen LogP contribution in [0.3, 0.4) is 0 Å². The molecule has 2 bridgehead atoms. The van der Waals surface area contributed by atoms with Gasteiger partial charge in [-0.2, -0.15) is 12.7 Å². The second kappa shape index (κ2) is 14.5. The molecule has 2 aromatic carbocycles. The summed E-state index contributed by atoms with van der Waals surface area (Å²) in [5.41, 5.74) is 2.95. The van der Waals surface area contributed by atoms with Gasteiger partial charge in [0, 0.05) is 55.3 Å². The van der Waals surface area contributed by atoms with E-state index in [1.807, 2.05) is 12.1 Å². The molecule has 0 radical (unpaired) electrons. The van der Waals surface area contributed by atoms with E-state index in [1.54, 1.807) is 44.2 Å². The highest BCUT2D eigenvalue weighted by Gasteiger charge is 2.44. The number of halogens is 1. The van der Waals surface area contributed by atoms with E-state index in [1.165, 1.54) is 15.4 Å². The maximum atomic E-state index is 13.7. The Labute approximate surface area is 295 Å². The summed E-state index contributed by atoms with van der Waals surface area (Å²) in [5, 5.41) is 11.9. The molecule has 1 fully saturated rings. The summed E-state index contributed by atoms with van der Waals surface area (Å²) in [5.74, 6) is -0.407. The molecule has 1 amide bonds. The molecule has 1 unspecified atom stereocenters. The minimum Gasteiger partial charge on any atom is -0.490 e. The van der Waals surface area contributed by atoms with Crippen molar-refractivity contribution >= 4 is 43.4 Å². The molecule has 268 valence electrons. The average Bonchev–Trinajstić information content (AvgIpc) is 3.19. The van der Waals surface area contributed by atoms with Gasteiger partial charge < -0.3 is 14.7 Å². The van der Waals surface area contributed by atoms with E-state index >= 15 is 0 Å². The molecule has 4 aliphatic rings. The zero-order chi connectivity index (χ0) is 35.0. The van der Waals surface area contributed by atoms with Crippen LogP contribution in [0.1, 0.15) is 67.4 Å². The Kier molecular flexibility index (Phi) is 10.7. The monoisotopic (exact) mass is 734 g/mol. The number of sulfonamides is 1. The minimum absolute atomic E-state index is 0.0238. The summed E-state index contributed by atoms with van der Waals surface area (Å²) in [6, 6.07) is 11.1. The van der Waals surface area contributed by atoms with Crippen molar-refractivity contribution in [2.45, 2.75) is 63.9 Å². The third-order valence-corrected chi connectivity index (χ3v) is 14.5. The summed E-state index contributed by atoms with van der Waals surface area (Å²) >= 11 is 6.40. The van der Waals surface area contributed by atoms with E-state index < -0.39 is 38.0 Å². The Bertz CT molecular complexity index is 1800. The standard InChI is InChI=1S/C35H47ClN4O7S2/c1-3-39(4-2)48(43,44)19-18-40-17-6-5-9-32(41)29-13-10-27(29)22-38-23-35(16-7-8-25-20-28(36)12-14-30(25)35)24-47-33-15-11-26(21-31(33)38)34(42)37-49(40,45)46/h5,9,11-12,14-15,20-21,27,29,32,41H,3-4,6-8,10,13,16-19,22-24H2,1-2H3,(H,37,42)/b9-5+/t27-,29+,32?,35-/m0/s1. The fourth-order valence-electron chi connectivity index (χ4n) is 7.96. The van der Waals surface area contributed by atoms with Crippen LogP contribution in [0.15, 0.2) is 48.6 Å². The summed E-state index contributed by atoms with van der Waals surface area (Å²) in [6.07, 6.45) is 7.65. The van der Waals surface area contributed by atoms with Crippen LogP contribution in [0.25, 0.3) is 0 Å². The number of nitrogens with one attached hydrogen (secondary N) is 1. The van der Waals surface area contributed by atoms with Gasteiger partial charge >= 0.3 is 10.2 Å². The molecule has 2 N–H and O–H groups in total. The third-order valence-electron chi connectivity index (χ3n) is 10.8. The smallest absolute Gasteiger partial charge is 0.304 e. The number of rotatable bonds is 6. The van der Waals surface area contributed by atoms with Gasteiger partial charge in [-0.25, -0.2) is 17.4 Å². The molecular weight excluding hydrogens is 688 g/mol. The largest absolute Gasteiger partial charge is 0.490 e. The SMILES string of the molecule is CCN(CC)S(=O)(=O)CCN1CC/C=C/C(O)[C@@H]2CC[C@H]2CN2C[C@@]3(CCCc4cc(Cl)ccc43)COc3ccc(cc32)C(=O)NS1(=O)=O. The van der Waals surface area contributed by atoms with Crippen LogP contribution < -0.4 is 14.4 Å². The number of ether oxygens (including phenoxy) is 1. The Hall–Kier alpha value is -2.68. The van der Waals surface area contributed by atoms with Crippen LogP contribution in [-0.4, -0.2) is 94.2 Å². The zero-order valence-electron chi connectivity index (χ0n) is 28.2. The van der Waals surface area contributed by atoms with Gasteiger partial charge in [0.1, 0.15) is 5.75 Å². The summed E-state index contributed by atoms with van der Waals surface area (Å²) in [4.78, 5) is 15.9. The Morgan fingerprint density at radius 3 is 2.67 bits per heavy atom. The topological polar surface area (TPSA) is 137 Å². The molecule has 2 heterocycles. The van der Waals surface area contributed by atoms with Gasteiger partial charge in [-0.05, 0) is 91.8 Å². The second-order valence-corrected chi connectivity index (χ2v) is 17.9. The normalized spacial score (nSPS) is 28.1. The molecule has 49 heavy (non-hydrogen) atoms. The van der Waals surface area contributed by atoms with E-state index in [-0.39, 0.29) is 55.4 Å². The lowest BCUT2D eigenvalue weighted by Crippen LogP contribution is -2.49. The molecule has 4 atom stereocenters. The van der Waals surface area contributed by atoms with Crippen molar-refractivity contribution in [2.75, 3.05) is 56.5 Å². The highest BCUT2D eigenvalue weighted by molar-refractivity contribution is 7.89. The summed E-state index contributed by atoms with van der Waals surface area (Å²) in [7, 11) is -8.16. The van der Waals surface area contributed by atoms with Gasteiger partial charge in [-0.15, -0.1) is 0 Å². The van der Waals surface area contributed by atoms with Crippen LogP contribution in [0, 0.1) is 11.8 Å². The van der Waals surface area contributed by atoms with Gasteiger partial charge in [0.15, 0.2) is 0 Å². The van der Waals surface area contributed by atoms with E-state index in [2.05, 4.69) is 15.7 Å².